The van der Waals surface area contributed by atoms with Gasteiger partial charge in [0.2, 0.25) is 0 Å². The normalized spacial score (nSPS) is 10.5. The Balaban J connectivity index is 2.12. The Bertz CT molecular complexity index is 762. The fraction of sp³-hybridized carbons (Fsp3) is 0.0714. The van der Waals surface area contributed by atoms with Gasteiger partial charge in [-0.3, -0.25) is 0 Å². The van der Waals surface area contributed by atoms with Gasteiger partial charge >= 0.3 is 0 Å². The highest BCUT2D eigenvalue weighted by Gasteiger charge is 2.12. The van der Waals surface area contributed by atoms with Gasteiger partial charge in [0.1, 0.15) is 5.75 Å². The molecule has 3 aromatic rings. The molecule has 0 aliphatic carbocycles. The maximum absolute atomic E-state index is 5.82. The summed E-state index contributed by atoms with van der Waals surface area (Å²) in [6.45, 7) is 0. The van der Waals surface area contributed by atoms with E-state index >= 15 is 0 Å². The first kappa shape index (κ1) is 12.9. The number of tetrazole rings is 1. The van der Waals surface area contributed by atoms with Crippen LogP contribution >= 0.6 is 0 Å². The Morgan fingerprint density at radius 1 is 1.05 bits per heavy atom. The van der Waals surface area contributed by atoms with Crippen LogP contribution in [0.2, 0.25) is 0 Å². The number of nitrogen functional groups attached to an aromatic ring is 2. The van der Waals surface area contributed by atoms with Crippen LogP contribution in [-0.4, -0.2) is 27.3 Å². The lowest BCUT2D eigenvalue weighted by molar-refractivity contribution is 0.414. The summed E-state index contributed by atoms with van der Waals surface area (Å²) in [5.41, 5.74) is 14.3. The SMILES string of the molecule is COc1cccc(-n2nnnc2-c2cc(N)cc(N)c2)c1. The van der Waals surface area contributed by atoms with E-state index in [0.717, 1.165) is 17.0 Å². The maximum atomic E-state index is 5.82. The standard InChI is InChI=1S/C14H14N6O/c1-21-13-4-2-3-12(8-13)20-14(17-18-19-20)9-5-10(15)7-11(16)6-9/h2-8H,15-16H2,1H3. The summed E-state index contributed by atoms with van der Waals surface area (Å²) in [4.78, 5) is 0. The van der Waals surface area contributed by atoms with Crippen molar-refractivity contribution in [1.29, 1.82) is 0 Å². The lowest BCUT2D eigenvalue weighted by Crippen LogP contribution is -2.01. The number of hydrogen-bond donors (Lipinski definition) is 2. The number of methoxy groups -OCH3 is 1. The summed E-state index contributed by atoms with van der Waals surface area (Å²) in [7, 11) is 1.61. The molecule has 0 spiro atoms. The molecule has 0 fully saturated rings. The predicted octanol–water partition coefficient (Wildman–Crippen LogP) is 1.50. The van der Waals surface area contributed by atoms with E-state index in [1.807, 2.05) is 24.3 Å². The zero-order chi connectivity index (χ0) is 14.8. The van der Waals surface area contributed by atoms with Crippen molar-refractivity contribution in [3.63, 3.8) is 0 Å². The molecule has 0 aliphatic rings. The van der Waals surface area contributed by atoms with Crippen molar-refractivity contribution in [2.24, 2.45) is 0 Å². The minimum Gasteiger partial charge on any atom is -0.497 e. The molecule has 3 rings (SSSR count). The number of nitrogens with two attached hydrogens (primary N) is 2. The van der Waals surface area contributed by atoms with Crippen molar-refractivity contribution in [1.82, 2.24) is 20.2 Å². The summed E-state index contributed by atoms with van der Waals surface area (Å²) in [6.07, 6.45) is 0. The third-order valence-corrected chi connectivity index (χ3v) is 3.00. The molecule has 0 aliphatic heterocycles. The van der Waals surface area contributed by atoms with E-state index in [9.17, 15) is 0 Å². The minimum atomic E-state index is 0.558. The van der Waals surface area contributed by atoms with E-state index in [4.69, 9.17) is 16.2 Å². The van der Waals surface area contributed by atoms with E-state index < -0.39 is 0 Å². The summed E-state index contributed by atoms with van der Waals surface area (Å²) in [6, 6.07) is 12.7. The van der Waals surface area contributed by atoms with Crippen LogP contribution in [0.4, 0.5) is 11.4 Å². The quantitative estimate of drug-likeness (QED) is 0.705. The summed E-state index contributed by atoms with van der Waals surface area (Å²) < 4.78 is 6.82. The number of ether oxygens (including phenoxy) is 1. The molecule has 7 nitrogen and oxygen atoms in total. The molecule has 0 amide bonds. The lowest BCUT2D eigenvalue weighted by atomic mass is 10.1. The van der Waals surface area contributed by atoms with E-state index in [1.165, 1.54) is 0 Å². The number of rotatable bonds is 3. The van der Waals surface area contributed by atoms with Crippen LogP contribution in [-0.2, 0) is 0 Å². The minimum absolute atomic E-state index is 0.558. The summed E-state index contributed by atoms with van der Waals surface area (Å²) >= 11 is 0. The van der Waals surface area contributed by atoms with Gasteiger partial charge < -0.3 is 16.2 Å². The molecule has 0 saturated carbocycles. The first-order valence-electron chi connectivity index (χ1n) is 6.26. The summed E-state index contributed by atoms with van der Waals surface area (Å²) in [5, 5.41) is 11.8. The van der Waals surface area contributed by atoms with Crippen LogP contribution in [0, 0.1) is 0 Å². The fourth-order valence-electron chi connectivity index (χ4n) is 2.09. The predicted molar refractivity (Wildman–Crippen MR) is 80.0 cm³/mol. The molecule has 21 heavy (non-hydrogen) atoms. The Morgan fingerprint density at radius 3 is 2.52 bits per heavy atom. The fourth-order valence-corrected chi connectivity index (χ4v) is 2.09. The lowest BCUT2D eigenvalue weighted by Gasteiger charge is -2.07. The largest absolute Gasteiger partial charge is 0.497 e. The van der Waals surface area contributed by atoms with Gasteiger partial charge in [-0.25, -0.2) is 0 Å². The molecule has 1 aromatic heterocycles. The van der Waals surface area contributed by atoms with Crippen molar-refractivity contribution in [2.75, 3.05) is 18.6 Å². The number of hydrogen-bond acceptors (Lipinski definition) is 6. The van der Waals surface area contributed by atoms with E-state index in [0.29, 0.717) is 17.2 Å². The van der Waals surface area contributed by atoms with Crippen LogP contribution in [0.15, 0.2) is 42.5 Å². The van der Waals surface area contributed by atoms with Gasteiger partial charge in [0.25, 0.3) is 0 Å². The first-order valence-corrected chi connectivity index (χ1v) is 6.26. The molecule has 2 aromatic carbocycles. The summed E-state index contributed by atoms with van der Waals surface area (Å²) in [5.74, 6) is 1.28. The molecule has 106 valence electrons. The second-order valence-electron chi connectivity index (χ2n) is 4.50. The molecule has 4 N–H and O–H groups in total. The van der Waals surface area contributed by atoms with Gasteiger partial charge in [-0.1, -0.05) is 6.07 Å². The molecular formula is C14H14N6O. The second kappa shape index (κ2) is 5.12. The van der Waals surface area contributed by atoms with Crippen molar-refractivity contribution in [2.45, 2.75) is 0 Å². The topological polar surface area (TPSA) is 105 Å². The van der Waals surface area contributed by atoms with Crippen molar-refractivity contribution in [3.05, 3.63) is 42.5 Å². The number of anilines is 2. The number of nitrogens with zero attached hydrogens (tertiary/aromatic N) is 4. The van der Waals surface area contributed by atoms with E-state index in [2.05, 4.69) is 15.5 Å². The van der Waals surface area contributed by atoms with Gasteiger partial charge in [-0.15, -0.1) is 5.10 Å². The highest BCUT2D eigenvalue weighted by atomic mass is 16.5. The average Bonchev–Trinajstić information content (AvgIpc) is 2.96. The number of benzene rings is 2. The zero-order valence-corrected chi connectivity index (χ0v) is 11.4. The molecule has 1 heterocycles. The third kappa shape index (κ3) is 2.48. The van der Waals surface area contributed by atoms with Gasteiger partial charge in [0.05, 0.1) is 12.8 Å². The van der Waals surface area contributed by atoms with Gasteiger partial charge in [-0.05, 0) is 40.8 Å². The second-order valence-corrected chi connectivity index (χ2v) is 4.50. The zero-order valence-electron chi connectivity index (χ0n) is 11.4. The monoisotopic (exact) mass is 282 g/mol. The van der Waals surface area contributed by atoms with Crippen LogP contribution in [0.3, 0.4) is 0 Å². The Morgan fingerprint density at radius 2 is 1.81 bits per heavy atom. The highest BCUT2D eigenvalue weighted by Crippen LogP contribution is 2.25. The van der Waals surface area contributed by atoms with Gasteiger partial charge in [0.15, 0.2) is 5.82 Å². The van der Waals surface area contributed by atoms with Crippen LogP contribution < -0.4 is 16.2 Å². The van der Waals surface area contributed by atoms with Gasteiger partial charge in [-0.2, -0.15) is 4.68 Å². The Labute approximate surface area is 121 Å². The number of aromatic nitrogens is 4. The first-order chi connectivity index (χ1) is 10.2. The molecule has 0 saturated heterocycles. The molecule has 0 bridgehead atoms. The smallest absolute Gasteiger partial charge is 0.187 e. The molecule has 0 atom stereocenters. The van der Waals surface area contributed by atoms with Crippen LogP contribution in [0.25, 0.3) is 17.1 Å². The third-order valence-electron chi connectivity index (χ3n) is 3.00. The van der Waals surface area contributed by atoms with E-state index in [1.54, 1.807) is 30.0 Å². The Kier molecular flexibility index (Phi) is 3.15. The molecule has 0 radical (unpaired) electrons. The molecule has 0 unspecified atom stereocenters. The average molecular weight is 282 g/mol. The van der Waals surface area contributed by atoms with Gasteiger partial charge in [0, 0.05) is 23.0 Å². The molecular weight excluding hydrogens is 268 g/mol. The van der Waals surface area contributed by atoms with Crippen molar-refractivity contribution >= 4 is 11.4 Å². The van der Waals surface area contributed by atoms with Crippen molar-refractivity contribution in [3.8, 4) is 22.8 Å². The highest BCUT2D eigenvalue weighted by molar-refractivity contribution is 5.68. The Hall–Kier alpha value is -3.09. The maximum Gasteiger partial charge on any atom is 0.187 e. The van der Waals surface area contributed by atoms with E-state index in [-0.39, 0.29) is 0 Å². The van der Waals surface area contributed by atoms with Crippen LogP contribution in [0.1, 0.15) is 0 Å². The van der Waals surface area contributed by atoms with Crippen molar-refractivity contribution < 1.29 is 4.74 Å². The molecule has 7 heteroatoms. The van der Waals surface area contributed by atoms with Crippen LogP contribution in [0.5, 0.6) is 5.75 Å².